The predicted octanol–water partition coefficient (Wildman–Crippen LogP) is 1.35. The van der Waals surface area contributed by atoms with Crippen LogP contribution in [0.25, 0.3) is 0 Å². The van der Waals surface area contributed by atoms with Crippen LogP contribution in [0.5, 0.6) is 0 Å². The lowest BCUT2D eigenvalue weighted by atomic mass is 10.3. The Labute approximate surface area is 97.4 Å². The largest absolute Gasteiger partial charge is 0.481 e. The van der Waals surface area contributed by atoms with E-state index in [1.54, 1.807) is 0 Å². The summed E-state index contributed by atoms with van der Waals surface area (Å²) in [6.07, 6.45) is 4.84. The van der Waals surface area contributed by atoms with Crippen LogP contribution in [-0.2, 0) is 4.79 Å². The fourth-order valence-electron chi connectivity index (χ4n) is 1.89. The molecule has 1 aromatic heterocycles. The van der Waals surface area contributed by atoms with Gasteiger partial charge < -0.3 is 5.11 Å². The Morgan fingerprint density at radius 3 is 2.94 bits per heavy atom. The molecule has 0 aliphatic heterocycles. The molecular formula is C9H14N4O2S. The van der Waals surface area contributed by atoms with Crippen LogP contribution in [0.2, 0.25) is 0 Å². The number of aliphatic carboxylic acids is 1. The highest BCUT2D eigenvalue weighted by Gasteiger charge is 2.21. The van der Waals surface area contributed by atoms with E-state index in [2.05, 4.69) is 15.5 Å². The van der Waals surface area contributed by atoms with Crippen LogP contribution in [0.15, 0.2) is 5.16 Å². The summed E-state index contributed by atoms with van der Waals surface area (Å²) in [6.45, 7) is 0. The SMILES string of the molecule is O=C(O)CCSc1nnnn1C1CCCC1. The third kappa shape index (κ3) is 2.72. The fraction of sp³-hybridized carbons (Fsp3) is 0.778. The van der Waals surface area contributed by atoms with E-state index < -0.39 is 5.97 Å². The van der Waals surface area contributed by atoms with Crippen molar-refractivity contribution in [1.82, 2.24) is 20.2 Å². The monoisotopic (exact) mass is 242 g/mol. The van der Waals surface area contributed by atoms with E-state index >= 15 is 0 Å². The zero-order chi connectivity index (χ0) is 11.4. The summed E-state index contributed by atoms with van der Waals surface area (Å²) in [7, 11) is 0. The lowest BCUT2D eigenvalue weighted by Gasteiger charge is -2.10. The van der Waals surface area contributed by atoms with Crippen molar-refractivity contribution >= 4 is 17.7 Å². The van der Waals surface area contributed by atoms with E-state index in [0.29, 0.717) is 11.8 Å². The van der Waals surface area contributed by atoms with Gasteiger partial charge in [0.15, 0.2) is 0 Å². The Morgan fingerprint density at radius 2 is 2.25 bits per heavy atom. The number of rotatable bonds is 5. The molecule has 0 amide bonds. The molecule has 0 atom stereocenters. The second-order valence-corrected chi connectivity index (χ2v) is 4.90. The molecule has 1 aliphatic rings. The Bertz CT molecular complexity index is 362. The normalized spacial score (nSPS) is 16.8. The van der Waals surface area contributed by atoms with Crippen LogP contribution in [0.1, 0.15) is 38.1 Å². The standard InChI is InChI=1S/C9H14N4O2S/c14-8(15)5-6-16-9-10-11-12-13(9)7-3-1-2-4-7/h7H,1-6H2,(H,14,15). The molecule has 0 saturated heterocycles. The molecule has 1 N–H and O–H groups in total. The minimum Gasteiger partial charge on any atom is -0.481 e. The number of thioether (sulfide) groups is 1. The van der Waals surface area contributed by atoms with Crippen molar-refractivity contribution < 1.29 is 9.90 Å². The maximum absolute atomic E-state index is 10.4. The number of carboxylic acid groups (broad SMARTS) is 1. The molecule has 2 rings (SSSR count). The summed E-state index contributed by atoms with van der Waals surface area (Å²) in [4.78, 5) is 10.4. The lowest BCUT2D eigenvalue weighted by Crippen LogP contribution is -2.08. The maximum Gasteiger partial charge on any atom is 0.304 e. The Balaban J connectivity index is 1.93. The molecule has 1 aliphatic carbocycles. The summed E-state index contributed by atoms with van der Waals surface area (Å²) in [5.74, 6) is -0.269. The number of hydrogen-bond donors (Lipinski definition) is 1. The topological polar surface area (TPSA) is 80.9 Å². The zero-order valence-corrected chi connectivity index (χ0v) is 9.69. The van der Waals surface area contributed by atoms with Gasteiger partial charge in [-0.3, -0.25) is 4.79 Å². The van der Waals surface area contributed by atoms with Gasteiger partial charge in [-0.05, 0) is 23.3 Å². The average molecular weight is 242 g/mol. The molecular weight excluding hydrogens is 228 g/mol. The van der Waals surface area contributed by atoms with Gasteiger partial charge in [0.25, 0.3) is 0 Å². The highest BCUT2D eigenvalue weighted by molar-refractivity contribution is 7.99. The Kier molecular flexibility index (Phi) is 3.76. The van der Waals surface area contributed by atoms with Crippen molar-refractivity contribution in [2.75, 3.05) is 5.75 Å². The molecule has 1 saturated carbocycles. The molecule has 1 heterocycles. The molecule has 0 radical (unpaired) electrons. The van der Waals surface area contributed by atoms with E-state index in [-0.39, 0.29) is 6.42 Å². The first kappa shape index (κ1) is 11.4. The average Bonchev–Trinajstić information content (AvgIpc) is 2.84. The Morgan fingerprint density at radius 1 is 1.50 bits per heavy atom. The minimum absolute atomic E-state index is 0.141. The van der Waals surface area contributed by atoms with E-state index in [9.17, 15) is 4.79 Å². The third-order valence-electron chi connectivity index (χ3n) is 2.68. The quantitative estimate of drug-likeness (QED) is 0.785. The smallest absolute Gasteiger partial charge is 0.304 e. The van der Waals surface area contributed by atoms with Gasteiger partial charge in [0.2, 0.25) is 5.16 Å². The predicted molar refractivity (Wildman–Crippen MR) is 58.3 cm³/mol. The van der Waals surface area contributed by atoms with Gasteiger partial charge in [-0.1, -0.05) is 24.6 Å². The molecule has 16 heavy (non-hydrogen) atoms. The molecule has 0 unspecified atom stereocenters. The van der Waals surface area contributed by atoms with Crippen molar-refractivity contribution in [3.8, 4) is 0 Å². The van der Waals surface area contributed by atoms with Crippen molar-refractivity contribution in [2.24, 2.45) is 0 Å². The van der Waals surface area contributed by atoms with Gasteiger partial charge in [0, 0.05) is 5.75 Å². The molecule has 0 bridgehead atoms. The van der Waals surface area contributed by atoms with Gasteiger partial charge in [0.05, 0.1) is 12.5 Å². The molecule has 0 spiro atoms. The van der Waals surface area contributed by atoms with Gasteiger partial charge >= 0.3 is 5.97 Å². The summed E-state index contributed by atoms with van der Waals surface area (Å²) >= 11 is 1.41. The molecule has 88 valence electrons. The van der Waals surface area contributed by atoms with Crippen molar-refractivity contribution in [2.45, 2.75) is 43.3 Å². The Hall–Kier alpha value is -1.11. The van der Waals surface area contributed by atoms with Crippen molar-refractivity contribution in [3.63, 3.8) is 0 Å². The van der Waals surface area contributed by atoms with Crippen LogP contribution in [-0.4, -0.2) is 37.0 Å². The van der Waals surface area contributed by atoms with Crippen molar-refractivity contribution in [1.29, 1.82) is 0 Å². The zero-order valence-electron chi connectivity index (χ0n) is 8.87. The van der Waals surface area contributed by atoms with Gasteiger partial charge in [-0.25, -0.2) is 4.68 Å². The fourth-order valence-corrected chi connectivity index (χ4v) is 2.76. The van der Waals surface area contributed by atoms with Crippen LogP contribution < -0.4 is 0 Å². The molecule has 1 fully saturated rings. The summed E-state index contributed by atoms with van der Waals surface area (Å²) < 4.78 is 1.85. The summed E-state index contributed by atoms with van der Waals surface area (Å²) in [6, 6.07) is 0.405. The van der Waals surface area contributed by atoms with E-state index in [1.165, 1.54) is 24.6 Å². The first-order valence-corrected chi connectivity index (χ1v) is 6.38. The molecule has 0 aromatic carbocycles. The van der Waals surface area contributed by atoms with Crippen LogP contribution in [0, 0.1) is 0 Å². The summed E-state index contributed by atoms with van der Waals surface area (Å²) in [5, 5.41) is 20.9. The van der Waals surface area contributed by atoms with Crippen LogP contribution in [0.3, 0.4) is 0 Å². The van der Waals surface area contributed by atoms with E-state index in [0.717, 1.165) is 18.0 Å². The summed E-state index contributed by atoms with van der Waals surface area (Å²) in [5.41, 5.74) is 0. The van der Waals surface area contributed by atoms with Crippen LogP contribution >= 0.6 is 11.8 Å². The number of tetrazole rings is 1. The third-order valence-corrected chi connectivity index (χ3v) is 3.62. The van der Waals surface area contributed by atoms with Gasteiger partial charge in [-0.2, -0.15) is 0 Å². The molecule has 6 nitrogen and oxygen atoms in total. The maximum atomic E-state index is 10.4. The lowest BCUT2D eigenvalue weighted by molar-refractivity contribution is -0.136. The second-order valence-electron chi connectivity index (χ2n) is 3.84. The first-order chi connectivity index (χ1) is 7.77. The highest BCUT2D eigenvalue weighted by Crippen LogP contribution is 2.31. The second kappa shape index (κ2) is 5.29. The number of carboxylic acids is 1. The number of carbonyl (C=O) groups is 1. The molecule has 7 heteroatoms. The van der Waals surface area contributed by atoms with Crippen LogP contribution in [0.4, 0.5) is 0 Å². The highest BCUT2D eigenvalue weighted by atomic mass is 32.2. The van der Waals surface area contributed by atoms with E-state index in [4.69, 9.17) is 5.11 Å². The number of nitrogens with zero attached hydrogens (tertiary/aromatic N) is 4. The van der Waals surface area contributed by atoms with Gasteiger partial charge in [0.1, 0.15) is 0 Å². The van der Waals surface area contributed by atoms with Crippen molar-refractivity contribution in [3.05, 3.63) is 0 Å². The first-order valence-electron chi connectivity index (χ1n) is 5.40. The van der Waals surface area contributed by atoms with Gasteiger partial charge in [-0.15, -0.1) is 5.10 Å². The molecule has 1 aromatic rings. The number of hydrogen-bond acceptors (Lipinski definition) is 5. The minimum atomic E-state index is -0.785. The van der Waals surface area contributed by atoms with E-state index in [1.807, 2.05) is 4.68 Å². The number of aromatic nitrogens is 4.